The van der Waals surface area contributed by atoms with Gasteiger partial charge in [0.25, 0.3) is 0 Å². The average Bonchev–Trinajstić information content (AvgIpc) is 2.86. The van der Waals surface area contributed by atoms with E-state index >= 15 is 0 Å². The van der Waals surface area contributed by atoms with E-state index in [9.17, 15) is 0 Å². The van der Waals surface area contributed by atoms with Crippen LogP contribution < -0.4 is 5.32 Å². The largest absolute Gasteiger partial charge is 0.469 e. The normalized spacial score (nSPS) is 13.8. The lowest BCUT2D eigenvalue weighted by Gasteiger charge is -2.26. The zero-order chi connectivity index (χ0) is 13.4. The first-order chi connectivity index (χ1) is 8.57. The number of aryl methyl sites for hydroxylation is 1. The van der Waals surface area contributed by atoms with E-state index in [4.69, 9.17) is 9.15 Å². The highest BCUT2D eigenvalue weighted by atomic mass is 16.5. The van der Waals surface area contributed by atoms with Crippen molar-refractivity contribution in [3.8, 4) is 0 Å². The molecular formula is C15H27NO2. The van der Waals surface area contributed by atoms with Gasteiger partial charge in [0.15, 0.2) is 0 Å². The van der Waals surface area contributed by atoms with Crippen molar-refractivity contribution in [3.05, 3.63) is 24.2 Å². The van der Waals surface area contributed by atoms with Crippen LogP contribution in [-0.2, 0) is 11.2 Å². The quantitative estimate of drug-likeness (QED) is 0.732. The summed E-state index contributed by atoms with van der Waals surface area (Å²) in [5.74, 6) is 1.07. The maximum absolute atomic E-state index is 5.47. The van der Waals surface area contributed by atoms with E-state index < -0.39 is 0 Å². The van der Waals surface area contributed by atoms with Gasteiger partial charge in [-0.05, 0) is 51.8 Å². The first-order valence-corrected chi connectivity index (χ1v) is 6.88. The summed E-state index contributed by atoms with van der Waals surface area (Å²) in [6.07, 6.45) is 6.06. The second kappa shape index (κ2) is 7.59. The zero-order valence-electron chi connectivity index (χ0n) is 12.2. The fourth-order valence-electron chi connectivity index (χ4n) is 2.03. The van der Waals surface area contributed by atoms with Crippen LogP contribution in [0.4, 0.5) is 0 Å². The molecule has 3 nitrogen and oxygen atoms in total. The molecule has 0 saturated heterocycles. The molecule has 1 atom stereocenters. The lowest BCUT2D eigenvalue weighted by Crippen LogP contribution is -2.33. The Balaban J connectivity index is 2.35. The SMILES string of the molecule is CCNC(CCc1ccco1)CCC(C)(C)OC. The maximum Gasteiger partial charge on any atom is 0.103 e. The molecular weight excluding hydrogens is 226 g/mol. The Labute approximate surface area is 111 Å². The second-order valence-electron chi connectivity index (χ2n) is 5.38. The Morgan fingerprint density at radius 1 is 1.39 bits per heavy atom. The van der Waals surface area contributed by atoms with Crippen molar-refractivity contribution >= 4 is 0 Å². The number of rotatable bonds is 9. The molecule has 0 fully saturated rings. The van der Waals surface area contributed by atoms with Crippen LogP contribution >= 0.6 is 0 Å². The first-order valence-electron chi connectivity index (χ1n) is 6.88. The Bertz CT molecular complexity index is 306. The zero-order valence-corrected chi connectivity index (χ0v) is 12.2. The summed E-state index contributed by atoms with van der Waals surface area (Å²) in [5, 5.41) is 3.54. The predicted octanol–water partition coefficient (Wildman–Crippen LogP) is 3.40. The van der Waals surface area contributed by atoms with Crippen molar-refractivity contribution in [1.82, 2.24) is 5.32 Å². The molecule has 1 heterocycles. The minimum atomic E-state index is -0.0294. The number of methoxy groups -OCH3 is 1. The predicted molar refractivity (Wildman–Crippen MR) is 74.8 cm³/mol. The molecule has 0 aliphatic rings. The van der Waals surface area contributed by atoms with E-state index in [2.05, 4.69) is 26.1 Å². The Hall–Kier alpha value is -0.800. The molecule has 18 heavy (non-hydrogen) atoms. The summed E-state index contributed by atoms with van der Waals surface area (Å²) < 4.78 is 10.8. The summed E-state index contributed by atoms with van der Waals surface area (Å²) in [6.45, 7) is 7.45. The van der Waals surface area contributed by atoms with Gasteiger partial charge in [0, 0.05) is 19.6 Å². The summed E-state index contributed by atoms with van der Waals surface area (Å²) in [6, 6.07) is 4.53. The van der Waals surface area contributed by atoms with Gasteiger partial charge < -0.3 is 14.5 Å². The molecule has 1 N–H and O–H groups in total. The second-order valence-corrected chi connectivity index (χ2v) is 5.38. The van der Waals surface area contributed by atoms with E-state index in [0.29, 0.717) is 6.04 Å². The molecule has 0 aromatic carbocycles. The van der Waals surface area contributed by atoms with Crippen LogP contribution in [0.15, 0.2) is 22.8 Å². The Morgan fingerprint density at radius 3 is 2.72 bits per heavy atom. The van der Waals surface area contributed by atoms with Crippen molar-refractivity contribution in [2.24, 2.45) is 0 Å². The number of ether oxygens (including phenoxy) is 1. The van der Waals surface area contributed by atoms with Crippen molar-refractivity contribution in [2.45, 2.75) is 58.1 Å². The van der Waals surface area contributed by atoms with Gasteiger partial charge in [-0.25, -0.2) is 0 Å². The fraction of sp³-hybridized carbons (Fsp3) is 0.733. The molecule has 104 valence electrons. The lowest BCUT2D eigenvalue weighted by molar-refractivity contribution is 0.0115. The van der Waals surface area contributed by atoms with Gasteiger partial charge in [0.1, 0.15) is 5.76 Å². The van der Waals surface area contributed by atoms with Crippen LogP contribution in [0.5, 0.6) is 0 Å². The molecule has 0 aliphatic carbocycles. The third-order valence-electron chi connectivity index (χ3n) is 3.46. The van der Waals surface area contributed by atoms with Crippen LogP contribution in [0.25, 0.3) is 0 Å². The molecule has 1 aromatic heterocycles. The monoisotopic (exact) mass is 253 g/mol. The summed E-state index contributed by atoms with van der Waals surface area (Å²) in [7, 11) is 1.78. The van der Waals surface area contributed by atoms with Gasteiger partial charge in [-0.15, -0.1) is 0 Å². The third kappa shape index (κ3) is 5.69. The highest BCUT2D eigenvalue weighted by Gasteiger charge is 2.19. The first kappa shape index (κ1) is 15.3. The van der Waals surface area contributed by atoms with Crippen molar-refractivity contribution in [2.75, 3.05) is 13.7 Å². The fourth-order valence-corrected chi connectivity index (χ4v) is 2.03. The molecule has 1 aromatic rings. The molecule has 0 spiro atoms. The van der Waals surface area contributed by atoms with E-state index in [-0.39, 0.29) is 5.60 Å². The molecule has 3 heteroatoms. The maximum atomic E-state index is 5.47. The average molecular weight is 253 g/mol. The molecule has 0 amide bonds. The topological polar surface area (TPSA) is 34.4 Å². The standard InChI is InChI=1S/C15H27NO2/c1-5-16-13(10-11-15(2,3)17-4)8-9-14-7-6-12-18-14/h6-7,12-13,16H,5,8-11H2,1-4H3. The number of furan rings is 1. The lowest BCUT2D eigenvalue weighted by atomic mass is 9.96. The van der Waals surface area contributed by atoms with E-state index in [1.165, 1.54) is 0 Å². The molecule has 0 saturated carbocycles. The van der Waals surface area contributed by atoms with Crippen LogP contribution in [0, 0.1) is 0 Å². The highest BCUT2D eigenvalue weighted by molar-refractivity contribution is 4.98. The Kier molecular flexibility index (Phi) is 6.44. The van der Waals surface area contributed by atoms with Gasteiger partial charge in [-0.2, -0.15) is 0 Å². The molecule has 0 radical (unpaired) electrons. The summed E-state index contributed by atoms with van der Waals surface area (Å²) >= 11 is 0. The number of nitrogens with one attached hydrogen (secondary N) is 1. The van der Waals surface area contributed by atoms with Crippen molar-refractivity contribution in [3.63, 3.8) is 0 Å². The van der Waals surface area contributed by atoms with Gasteiger partial charge in [-0.3, -0.25) is 0 Å². The van der Waals surface area contributed by atoms with E-state index in [1.807, 2.05) is 12.1 Å². The minimum absolute atomic E-state index is 0.0294. The van der Waals surface area contributed by atoms with Crippen LogP contribution in [0.2, 0.25) is 0 Å². The summed E-state index contributed by atoms with van der Waals surface area (Å²) in [5.41, 5.74) is -0.0294. The number of hydrogen-bond acceptors (Lipinski definition) is 3. The molecule has 1 unspecified atom stereocenters. The minimum Gasteiger partial charge on any atom is -0.469 e. The van der Waals surface area contributed by atoms with Crippen LogP contribution in [0.1, 0.15) is 45.8 Å². The third-order valence-corrected chi connectivity index (χ3v) is 3.46. The van der Waals surface area contributed by atoms with Crippen molar-refractivity contribution in [1.29, 1.82) is 0 Å². The van der Waals surface area contributed by atoms with Crippen LogP contribution in [-0.4, -0.2) is 25.3 Å². The van der Waals surface area contributed by atoms with Crippen molar-refractivity contribution < 1.29 is 9.15 Å². The smallest absolute Gasteiger partial charge is 0.103 e. The Morgan fingerprint density at radius 2 is 2.17 bits per heavy atom. The molecule has 0 bridgehead atoms. The number of hydrogen-bond donors (Lipinski definition) is 1. The highest BCUT2D eigenvalue weighted by Crippen LogP contribution is 2.18. The van der Waals surface area contributed by atoms with Gasteiger partial charge in [-0.1, -0.05) is 6.92 Å². The van der Waals surface area contributed by atoms with Gasteiger partial charge in [0.2, 0.25) is 0 Å². The molecule has 0 aliphatic heterocycles. The van der Waals surface area contributed by atoms with Gasteiger partial charge >= 0.3 is 0 Å². The van der Waals surface area contributed by atoms with E-state index in [0.717, 1.165) is 38.0 Å². The van der Waals surface area contributed by atoms with Crippen LogP contribution in [0.3, 0.4) is 0 Å². The van der Waals surface area contributed by atoms with E-state index in [1.54, 1.807) is 13.4 Å². The molecule has 1 rings (SSSR count). The summed E-state index contributed by atoms with van der Waals surface area (Å²) in [4.78, 5) is 0. The van der Waals surface area contributed by atoms with Gasteiger partial charge in [0.05, 0.1) is 11.9 Å².